The molecule has 0 radical (unpaired) electrons. The van der Waals surface area contributed by atoms with Crippen LogP contribution in [0.4, 0.5) is 0 Å². The Morgan fingerprint density at radius 1 is 1.16 bits per heavy atom. The van der Waals surface area contributed by atoms with Gasteiger partial charge in [0.2, 0.25) is 0 Å². The molecule has 0 aliphatic carbocycles. The zero-order valence-electron chi connectivity index (χ0n) is 11.3. The Morgan fingerprint density at radius 3 is 2.37 bits per heavy atom. The van der Waals surface area contributed by atoms with Crippen LogP contribution in [0.25, 0.3) is 11.3 Å². The van der Waals surface area contributed by atoms with E-state index >= 15 is 0 Å². The summed E-state index contributed by atoms with van der Waals surface area (Å²) in [6.07, 6.45) is 0. The van der Waals surface area contributed by atoms with Gasteiger partial charge in [0.05, 0.1) is 5.69 Å². The number of nitrogens with zero attached hydrogens (tertiary/aromatic N) is 2. The van der Waals surface area contributed by atoms with Crippen LogP contribution in [0.3, 0.4) is 0 Å². The van der Waals surface area contributed by atoms with E-state index in [0.29, 0.717) is 5.69 Å². The van der Waals surface area contributed by atoms with Crippen molar-refractivity contribution in [3.8, 4) is 11.3 Å². The molecule has 0 saturated heterocycles. The van der Waals surface area contributed by atoms with Crippen LogP contribution in [0.1, 0.15) is 25.5 Å². The second-order valence-corrected chi connectivity index (χ2v) is 4.65. The highest BCUT2D eigenvalue weighted by Gasteiger charge is 2.13. The number of hydrogen-bond donors (Lipinski definition) is 0. The van der Waals surface area contributed by atoms with Crippen molar-refractivity contribution in [2.24, 2.45) is 0 Å². The van der Waals surface area contributed by atoms with E-state index in [2.05, 4.69) is 5.10 Å². The van der Waals surface area contributed by atoms with Crippen molar-refractivity contribution in [2.75, 3.05) is 0 Å². The quantitative estimate of drug-likeness (QED) is 0.847. The Kier molecular flexibility index (Phi) is 3.60. The highest BCUT2D eigenvalue weighted by Crippen LogP contribution is 2.16. The van der Waals surface area contributed by atoms with Crippen molar-refractivity contribution in [1.82, 2.24) is 9.78 Å². The van der Waals surface area contributed by atoms with Gasteiger partial charge >= 0.3 is 0 Å². The van der Waals surface area contributed by atoms with Crippen LogP contribution in [0.15, 0.2) is 41.2 Å². The number of carbonyl (C=O) groups excluding carboxylic acids is 1. The number of ketones is 1. The number of hydrogen-bond acceptors (Lipinski definition) is 3. The Hall–Kier alpha value is -2.23. The fraction of sp³-hybridized carbons (Fsp3) is 0.267. The van der Waals surface area contributed by atoms with Gasteiger partial charge in [0.1, 0.15) is 6.04 Å². The molecule has 0 fully saturated rings. The first-order valence-corrected chi connectivity index (χ1v) is 6.16. The highest BCUT2D eigenvalue weighted by atomic mass is 16.1. The molecule has 1 aromatic carbocycles. The first-order chi connectivity index (χ1) is 8.99. The highest BCUT2D eigenvalue weighted by molar-refractivity contribution is 5.79. The maximum absolute atomic E-state index is 11.8. The molecule has 1 heterocycles. The molecule has 0 N–H and O–H groups in total. The van der Waals surface area contributed by atoms with Gasteiger partial charge in [-0.2, -0.15) is 5.10 Å². The monoisotopic (exact) mass is 256 g/mol. The van der Waals surface area contributed by atoms with E-state index in [0.717, 1.165) is 11.1 Å². The maximum Gasteiger partial charge on any atom is 0.267 e. The molecule has 4 nitrogen and oxygen atoms in total. The standard InChI is InChI=1S/C15H16N2O2/c1-10-4-6-13(7-5-10)14-8-9-15(19)17(16-14)11(2)12(3)18/h4-9,11H,1-3H3. The Labute approximate surface area is 111 Å². The molecule has 0 saturated carbocycles. The fourth-order valence-electron chi connectivity index (χ4n) is 1.75. The molecule has 0 aliphatic rings. The van der Waals surface area contributed by atoms with Gasteiger partial charge in [0.15, 0.2) is 5.78 Å². The number of aromatic nitrogens is 2. The zero-order chi connectivity index (χ0) is 14.0. The predicted octanol–water partition coefficient (Wildman–Crippen LogP) is 2.37. The largest absolute Gasteiger partial charge is 0.298 e. The van der Waals surface area contributed by atoms with Gasteiger partial charge in [-0.1, -0.05) is 29.8 Å². The minimum Gasteiger partial charge on any atom is -0.298 e. The van der Waals surface area contributed by atoms with Crippen LogP contribution in [0, 0.1) is 6.92 Å². The fourth-order valence-corrected chi connectivity index (χ4v) is 1.75. The normalized spacial score (nSPS) is 12.2. The summed E-state index contributed by atoms with van der Waals surface area (Å²) in [6.45, 7) is 5.14. The zero-order valence-corrected chi connectivity index (χ0v) is 11.3. The van der Waals surface area contributed by atoms with Crippen LogP contribution in [-0.4, -0.2) is 15.6 Å². The number of rotatable bonds is 3. The second kappa shape index (κ2) is 5.18. The van der Waals surface area contributed by atoms with E-state index in [-0.39, 0.29) is 11.3 Å². The van der Waals surface area contributed by atoms with E-state index in [1.807, 2.05) is 31.2 Å². The van der Waals surface area contributed by atoms with Crippen LogP contribution < -0.4 is 5.56 Å². The van der Waals surface area contributed by atoms with E-state index in [4.69, 9.17) is 0 Å². The summed E-state index contributed by atoms with van der Waals surface area (Å²) in [5.41, 5.74) is 2.51. The average molecular weight is 256 g/mol. The topological polar surface area (TPSA) is 52.0 Å². The van der Waals surface area contributed by atoms with E-state index in [9.17, 15) is 9.59 Å². The summed E-state index contributed by atoms with van der Waals surface area (Å²) in [7, 11) is 0. The van der Waals surface area contributed by atoms with Gasteiger partial charge in [-0.15, -0.1) is 0 Å². The lowest BCUT2D eigenvalue weighted by molar-refractivity contribution is -0.120. The summed E-state index contributed by atoms with van der Waals surface area (Å²) in [5, 5.41) is 4.28. The van der Waals surface area contributed by atoms with Gasteiger partial charge in [-0.25, -0.2) is 4.68 Å². The Morgan fingerprint density at radius 2 is 1.79 bits per heavy atom. The lowest BCUT2D eigenvalue weighted by atomic mass is 10.1. The minimum absolute atomic E-state index is 0.0874. The molecule has 0 bridgehead atoms. The van der Waals surface area contributed by atoms with Gasteiger partial charge in [-0.3, -0.25) is 9.59 Å². The number of Topliss-reactive ketones (excluding diaryl/α,β-unsaturated/α-hetero) is 1. The molecule has 1 unspecified atom stereocenters. The van der Waals surface area contributed by atoms with E-state index < -0.39 is 6.04 Å². The smallest absolute Gasteiger partial charge is 0.267 e. The van der Waals surface area contributed by atoms with Crippen LogP contribution in [0.2, 0.25) is 0 Å². The third kappa shape index (κ3) is 2.78. The van der Waals surface area contributed by atoms with E-state index in [1.54, 1.807) is 13.0 Å². The number of aryl methyl sites for hydroxylation is 1. The van der Waals surface area contributed by atoms with Crippen molar-refractivity contribution < 1.29 is 4.79 Å². The maximum atomic E-state index is 11.8. The van der Waals surface area contributed by atoms with Gasteiger partial charge < -0.3 is 0 Å². The number of benzene rings is 1. The molecule has 2 aromatic rings. The summed E-state index contributed by atoms with van der Waals surface area (Å²) in [6, 6.07) is 10.5. The second-order valence-electron chi connectivity index (χ2n) is 4.65. The average Bonchev–Trinajstić information content (AvgIpc) is 2.39. The summed E-state index contributed by atoms with van der Waals surface area (Å²) in [5.74, 6) is -0.0874. The first kappa shape index (κ1) is 13.2. The number of carbonyl (C=O) groups is 1. The molecule has 0 spiro atoms. The van der Waals surface area contributed by atoms with Crippen molar-refractivity contribution in [1.29, 1.82) is 0 Å². The molecular formula is C15H16N2O2. The molecule has 19 heavy (non-hydrogen) atoms. The third-order valence-corrected chi connectivity index (χ3v) is 3.13. The summed E-state index contributed by atoms with van der Waals surface area (Å²) < 4.78 is 1.23. The molecular weight excluding hydrogens is 240 g/mol. The minimum atomic E-state index is -0.544. The molecule has 1 atom stereocenters. The Bertz CT molecular complexity index is 657. The van der Waals surface area contributed by atoms with Gasteiger partial charge in [0.25, 0.3) is 5.56 Å². The van der Waals surface area contributed by atoms with Crippen molar-refractivity contribution >= 4 is 5.78 Å². The van der Waals surface area contributed by atoms with Gasteiger partial charge in [-0.05, 0) is 26.8 Å². The van der Waals surface area contributed by atoms with E-state index in [1.165, 1.54) is 17.7 Å². The first-order valence-electron chi connectivity index (χ1n) is 6.16. The molecule has 2 rings (SSSR count). The summed E-state index contributed by atoms with van der Waals surface area (Å²) in [4.78, 5) is 23.1. The van der Waals surface area contributed by atoms with Crippen LogP contribution in [-0.2, 0) is 4.79 Å². The molecule has 0 amide bonds. The molecule has 0 aliphatic heterocycles. The Balaban J connectivity index is 2.49. The summed E-state index contributed by atoms with van der Waals surface area (Å²) >= 11 is 0. The van der Waals surface area contributed by atoms with Crippen molar-refractivity contribution in [3.63, 3.8) is 0 Å². The molecule has 98 valence electrons. The van der Waals surface area contributed by atoms with Crippen molar-refractivity contribution in [3.05, 3.63) is 52.3 Å². The molecule has 4 heteroatoms. The lowest BCUT2D eigenvalue weighted by Crippen LogP contribution is -2.28. The van der Waals surface area contributed by atoms with Gasteiger partial charge in [0, 0.05) is 11.6 Å². The molecule has 1 aromatic heterocycles. The lowest BCUT2D eigenvalue weighted by Gasteiger charge is -2.11. The van der Waals surface area contributed by atoms with Crippen molar-refractivity contribution in [2.45, 2.75) is 26.8 Å². The van der Waals surface area contributed by atoms with Crippen LogP contribution in [0.5, 0.6) is 0 Å². The predicted molar refractivity (Wildman–Crippen MR) is 74.1 cm³/mol. The SMILES string of the molecule is CC(=O)C(C)n1nc(-c2ccc(C)cc2)ccc1=O. The third-order valence-electron chi connectivity index (χ3n) is 3.13. The van der Waals surface area contributed by atoms with Crippen LogP contribution >= 0.6 is 0 Å².